The summed E-state index contributed by atoms with van der Waals surface area (Å²) in [5, 5.41) is 2.93. The summed E-state index contributed by atoms with van der Waals surface area (Å²) in [6.07, 6.45) is 1.95. The van der Waals surface area contributed by atoms with Gasteiger partial charge in [0.25, 0.3) is 0 Å². The number of pyridine rings is 1. The molecule has 1 N–H and O–H groups in total. The van der Waals surface area contributed by atoms with Gasteiger partial charge < -0.3 is 10.2 Å². The lowest BCUT2D eigenvalue weighted by Gasteiger charge is -2.27. The van der Waals surface area contributed by atoms with Crippen LogP contribution in [0.2, 0.25) is 0 Å². The summed E-state index contributed by atoms with van der Waals surface area (Å²) in [6, 6.07) is 11.9. The maximum absolute atomic E-state index is 12.8. The predicted octanol–water partition coefficient (Wildman–Crippen LogP) is 4.00. The van der Waals surface area contributed by atoms with Gasteiger partial charge in [-0.3, -0.25) is 14.6 Å². The van der Waals surface area contributed by atoms with E-state index in [9.17, 15) is 9.59 Å². The average molecular weight is 380 g/mol. The van der Waals surface area contributed by atoms with Crippen LogP contribution in [-0.2, 0) is 16.1 Å². The molecule has 3 rings (SSSR count). The van der Waals surface area contributed by atoms with Crippen molar-refractivity contribution in [2.75, 3.05) is 11.4 Å². The van der Waals surface area contributed by atoms with Crippen molar-refractivity contribution in [2.24, 2.45) is 5.92 Å². The molecule has 1 unspecified atom stereocenters. The Morgan fingerprint density at radius 1 is 1.11 bits per heavy atom. The van der Waals surface area contributed by atoms with Crippen molar-refractivity contribution in [1.29, 1.82) is 0 Å². The van der Waals surface area contributed by atoms with Crippen molar-refractivity contribution >= 4 is 17.5 Å². The molecule has 2 aromatic rings. The Bertz CT molecular complexity index is 820. The number of aromatic nitrogens is 1. The molecule has 1 saturated heterocycles. The number of nitrogens with zero attached hydrogens (tertiary/aromatic N) is 2. The van der Waals surface area contributed by atoms with Gasteiger partial charge in [-0.1, -0.05) is 52.0 Å². The van der Waals surface area contributed by atoms with Gasteiger partial charge in [0, 0.05) is 19.2 Å². The molecule has 1 aromatic carbocycles. The lowest BCUT2D eigenvalue weighted by atomic mass is 9.92. The van der Waals surface area contributed by atoms with Gasteiger partial charge in [-0.2, -0.15) is 0 Å². The first-order valence-corrected chi connectivity index (χ1v) is 9.99. The van der Waals surface area contributed by atoms with Crippen LogP contribution in [0.15, 0.2) is 42.6 Å². The fourth-order valence-electron chi connectivity index (χ4n) is 3.75. The Hall–Kier alpha value is -2.69. The first kappa shape index (κ1) is 20.1. The van der Waals surface area contributed by atoms with Crippen molar-refractivity contribution in [1.82, 2.24) is 10.3 Å². The van der Waals surface area contributed by atoms with Crippen molar-refractivity contribution in [3.05, 3.63) is 59.4 Å². The quantitative estimate of drug-likeness (QED) is 0.825. The molecule has 0 saturated carbocycles. The zero-order chi connectivity index (χ0) is 20.3. The Morgan fingerprint density at radius 2 is 1.79 bits per heavy atom. The van der Waals surface area contributed by atoms with Crippen LogP contribution in [0, 0.1) is 5.92 Å². The second-order valence-corrected chi connectivity index (χ2v) is 8.04. The van der Waals surface area contributed by atoms with Crippen LogP contribution in [0.4, 0.5) is 5.69 Å². The molecule has 2 heterocycles. The molecular weight excluding hydrogens is 350 g/mol. The van der Waals surface area contributed by atoms with Crippen molar-refractivity contribution < 1.29 is 9.59 Å². The van der Waals surface area contributed by atoms with Gasteiger partial charge in [-0.05, 0) is 35.1 Å². The largest absolute Gasteiger partial charge is 0.350 e. The van der Waals surface area contributed by atoms with Gasteiger partial charge in [0.15, 0.2) is 0 Å². The highest BCUT2D eigenvalue weighted by atomic mass is 16.2. The summed E-state index contributed by atoms with van der Waals surface area (Å²) in [5.41, 5.74) is 4.13. The normalized spacial score (nSPS) is 16.9. The monoisotopic (exact) mass is 379 g/mol. The highest BCUT2D eigenvalue weighted by Crippen LogP contribution is 2.38. The van der Waals surface area contributed by atoms with Crippen LogP contribution in [0.1, 0.15) is 62.8 Å². The Morgan fingerprint density at radius 3 is 2.36 bits per heavy atom. The molecule has 1 aliphatic heterocycles. The molecule has 5 nitrogen and oxygen atoms in total. The Balaban J connectivity index is 1.78. The summed E-state index contributed by atoms with van der Waals surface area (Å²) in [7, 11) is 0. The number of hydrogen-bond acceptors (Lipinski definition) is 3. The third-order valence-electron chi connectivity index (χ3n) is 5.28. The minimum Gasteiger partial charge on any atom is -0.350 e. The van der Waals surface area contributed by atoms with Gasteiger partial charge in [0.1, 0.15) is 0 Å². The number of anilines is 1. The molecule has 2 amide bonds. The maximum Gasteiger partial charge on any atom is 0.227 e. The number of amides is 2. The molecule has 0 aliphatic carbocycles. The molecule has 148 valence electrons. The SMILES string of the molecule is CC(C)c1cccc(C(C)C)c1N1CC(C(=O)NCc2ccccn2)CC1=O. The van der Waals surface area contributed by atoms with Crippen molar-refractivity contribution in [3.63, 3.8) is 0 Å². The Kier molecular flexibility index (Phi) is 6.12. The van der Waals surface area contributed by atoms with E-state index in [2.05, 4.69) is 56.2 Å². The van der Waals surface area contributed by atoms with E-state index in [4.69, 9.17) is 0 Å². The first-order chi connectivity index (χ1) is 13.4. The number of carbonyl (C=O) groups excluding carboxylic acids is 2. The van der Waals surface area contributed by atoms with E-state index in [1.165, 1.54) is 0 Å². The molecule has 1 atom stereocenters. The number of hydrogen-bond donors (Lipinski definition) is 1. The van der Waals surface area contributed by atoms with Crippen LogP contribution in [0.3, 0.4) is 0 Å². The molecule has 5 heteroatoms. The minimum absolute atomic E-state index is 0.0213. The second kappa shape index (κ2) is 8.55. The maximum atomic E-state index is 12.8. The van der Waals surface area contributed by atoms with E-state index in [1.54, 1.807) is 6.20 Å². The number of benzene rings is 1. The molecule has 28 heavy (non-hydrogen) atoms. The standard InChI is InChI=1S/C23H29N3O2/c1-15(2)19-9-7-10-20(16(3)4)22(19)26-14-17(12-21(26)27)23(28)25-13-18-8-5-6-11-24-18/h5-11,15-17H,12-14H2,1-4H3,(H,25,28). The molecule has 0 bridgehead atoms. The van der Waals surface area contributed by atoms with E-state index in [0.717, 1.165) is 22.5 Å². The van der Waals surface area contributed by atoms with E-state index in [0.29, 0.717) is 24.9 Å². The molecule has 1 fully saturated rings. The fraction of sp³-hybridized carbons (Fsp3) is 0.435. The van der Waals surface area contributed by atoms with Gasteiger partial charge >= 0.3 is 0 Å². The van der Waals surface area contributed by atoms with Crippen LogP contribution < -0.4 is 10.2 Å². The third-order valence-corrected chi connectivity index (χ3v) is 5.28. The third kappa shape index (κ3) is 4.24. The molecular formula is C23H29N3O2. The Labute approximate surface area is 167 Å². The zero-order valence-electron chi connectivity index (χ0n) is 17.1. The highest BCUT2D eigenvalue weighted by molar-refractivity contribution is 6.01. The van der Waals surface area contributed by atoms with Gasteiger partial charge in [0.05, 0.1) is 23.8 Å². The molecule has 0 spiro atoms. The number of nitrogens with one attached hydrogen (secondary N) is 1. The topological polar surface area (TPSA) is 62.3 Å². The molecule has 0 radical (unpaired) electrons. The number of para-hydroxylation sites is 1. The zero-order valence-corrected chi connectivity index (χ0v) is 17.1. The van der Waals surface area contributed by atoms with Gasteiger partial charge in [-0.15, -0.1) is 0 Å². The van der Waals surface area contributed by atoms with E-state index < -0.39 is 0 Å². The van der Waals surface area contributed by atoms with E-state index in [1.807, 2.05) is 23.1 Å². The smallest absolute Gasteiger partial charge is 0.227 e. The molecule has 1 aromatic heterocycles. The number of carbonyl (C=O) groups is 2. The van der Waals surface area contributed by atoms with Gasteiger partial charge in [0.2, 0.25) is 11.8 Å². The van der Waals surface area contributed by atoms with Crippen LogP contribution in [0.5, 0.6) is 0 Å². The fourth-order valence-corrected chi connectivity index (χ4v) is 3.75. The second-order valence-electron chi connectivity index (χ2n) is 8.04. The van der Waals surface area contributed by atoms with E-state index >= 15 is 0 Å². The van der Waals surface area contributed by atoms with Crippen LogP contribution in [0.25, 0.3) is 0 Å². The lowest BCUT2D eigenvalue weighted by Crippen LogP contribution is -2.33. The predicted molar refractivity (Wildman–Crippen MR) is 111 cm³/mol. The number of rotatable bonds is 6. The lowest BCUT2D eigenvalue weighted by molar-refractivity contribution is -0.126. The van der Waals surface area contributed by atoms with Crippen LogP contribution in [-0.4, -0.2) is 23.3 Å². The van der Waals surface area contributed by atoms with Gasteiger partial charge in [-0.25, -0.2) is 0 Å². The van der Waals surface area contributed by atoms with Crippen molar-refractivity contribution in [3.8, 4) is 0 Å². The van der Waals surface area contributed by atoms with Crippen molar-refractivity contribution in [2.45, 2.75) is 52.5 Å². The van der Waals surface area contributed by atoms with E-state index in [-0.39, 0.29) is 24.2 Å². The highest BCUT2D eigenvalue weighted by Gasteiger charge is 2.37. The molecule has 1 aliphatic rings. The minimum atomic E-state index is -0.337. The van der Waals surface area contributed by atoms with Crippen LogP contribution >= 0.6 is 0 Å². The first-order valence-electron chi connectivity index (χ1n) is 9.99. The average Bonchev–Trinajstić information content (AvgIpc) is 3.07. The summed E-state index contributed by atoms with van der Waals surface area (Å²) in [4.78, 5) is 31.6. The summed E-state index contributed by atoms with van der Waals surface area (Å²) >= 11 is 0. The summed E-state index contributed by atoms with van der Waals surface area (Å²) in [5.74, 6) is 0.205. The summed E-state index contributed by atoms with van der Waals surface area (Å²) in [6.45, 7) is 9.36. The summed E-state index contributed by atoms with van der Waals surface area (Å²) < 4.78 is 0.